The van der Waals surface area contributed by atoms with Crippen molar-refractivity contribution < 1.29 is 4.79 Å². The molecule has 104 valence electrons. The van der Waals surface area contributed by atoms with Crippen molar-refractivity contribution >= 4 is 6.29 Å². The van der Waals surface area contributed by atoms with E-state index in [0.29, 0.717) is 5.56 Å². The zero-order valence-electron chi connectivity index (χ0n) is 11.7. The van der Waals surface area contributed by atoms with E-state index in [4.69, 9.17) is 0 Å². The highest BCUT2D eigenvalue weighted by Crippen LogP contribution is 2.14. The van der Waals surface area contributed by atoms with Gasteiger partial charge in [-0.3, -0.25) is 9.78 Å². The van der Waals surface area contributed by atoms with E-state index in [1.807, 2.05) is 31.2 Å². The Morgan fingerprint density at radius 2 is 1.71 bits per heavy atom. The Morgan fingerprint density at radius 3 is 2.33 bits per heavy atom. The average Bonchev–Trinajstić information content (AvgIpc) is 2.90. The molecule has 0 unspecified atom stereocenters. The van der Waals surface area contributed by atoms with Crippen molar-refractivity contribution in [3.8, 4) is 5.69 Å². The Kier molecular flexibility index (Phi) is 3.60. The van der Waals surface area contributed by atoms with Crippen LogP contribution >= 0.6 is 0 Å². The molecule has 3 aromatic rings. The second kappa shape index (κ2) is 5.71. The van der Waals surface area contributed by atoms with Crippen LogP contribution in [0.1, 0.15) is 27.2 Å². The molecule has 2 aromatic heterocycles. The van der Waals surface area contributed by atoms with Gasteiger partial charge in [0.2, 0.25) is 0 Å². The lowest BCUT2D eigenvalue weighted by Crippen LogP contribution is -1.96. The Morgan fingerprint density at radius 1 is 1.05 bits per heavy atom. The van der Waals surface area contributed by atoms with Gasteiger partial charge in [-0.1, -0.05) is 12.1 Å². The minimum atomic E-state index is 0.621. The SMILES string of the molecule is Cc1nn(-c2ccc(Cc3ccncc3)cc2)cc1C=O. The number of aryl methyl sites for hydroxylation is 1. The van der Waals surface area contributed by atoms with Crippen LogP contribution in [0.2, 0.25) is 0 Å². The highest BCUT2D eigenvalue weighted by atomic mass is 16.1. The van der Waals surface area contributed by atoms with Crippen LogP contribution in [0.4, 0.5) is 0 Å². The van der Waals surface area contributed by atoms with Crippen LogP contribution < -0.4 is 0 Å². The zero-order valence-corrected chi connectivity index (χ0v) is 11.7. The molecule has 0 saturated carbocycles. The van der Waals surface area contributed by atoms with Crippen LogP contribution in [0.3, 0.4) is 0 Å². The molecule has 2 heterocycles. The molecule has 21 heavy (non-hydrogen) atoms. The summed E-state index contributed by atoms with van der Waals surface area (Å²) in [6, 6.07) is 12.2. The van der Waals surface area contributed by atoms with Crippen LogP contribution in [0.15, 0.2) is 55.0 Å². The largest absolute Gasteiger partial charge is 0.298 e. The van der Waals surface area contributed by atoms with Crippen molar-refractivity contribution in [3.63, 3.8) is 0 Å². The predicted octanol–water partition coefficient (Wildman–Crippen LogP) is 2.98. The number of rotatable bonds is 4. The van der Waals surface area contributed by atoms with E-state index in [2.05, 4.69) is 22.2 Å². The highest BCUT2D eigenvalue weighted by Gasteiger charge is 2.05. The first-order chi connectivity index (χ1) is 10.3. The van der Waals surface area contributed by atoms with Crippen molar-refractivity contribution in [2.45, 2.75) is 13.3 Å². The van der Waals surface area contributed by atoms with Crippen molar-refractivity contribution in [3.05, 3.63) is 77.4 Å². The Labute approximate surface area is 123 Å². The monoisotopic (exact) mass is 277 g/mol. The fourth-order valence-corrected chi connectivity index (χ4v) is 2.22. The van der Waals surface area contributed by atoms with E-state index in [9.17, 15) is 4.79 Å². The lowest BCUT2D eigenvalue weighted by Gasteiger charge is -2.04. The van der Waals surface area contributed by atoms with Crippen LogP contribution in [0, 0.1) is 6.92 Å². The lowest BCUT2D eigenvalue weighted by molar-refractivity contribution is 0.112. The van der Waals surface area contributed by atoms with E-state index in [0.717, 1.165) is 24.1 Å². The van der Waals surface area contributed by atoms with Crippen molar-refractivity contribution in [1.82, 2.24) is 14.8 Å². The zero-order chi connectivity index (χ0) is 14.7. The van der Waals surface area contributed by atoms with Gasteiger partial charge >= 0.3 is 0 Å². The van der Waals surface area contributed by atoms with Gasteiger partial charge in [-0.2, -0.15) is 5.10 Å². The minimum Gasteiger partial charge on any atom is -0.298 e. The van der Waals surface area contributed by atoms with Gasteiger partial charge in [-0.05, 0) is 48.7 Å². The number of pyridine rings is 1. The predicted molar refractivity (Wildman–Crippen MR) is 80.7 cm³/mol. The van der Waals surface area contributed by atoms with Crippen molar-refractivity contribution in [2.24, 2.45) is 0 Å². The topological polar surface area (TPSA) is 47.8 Å². The first kappa shape index (κ1) is 13.2. The lowest BCUT2D eigenvalue weighted by atomic mass is 10.1. The molecule has 0 atom stereocenters. The Balaban J connectivity index is 1.82. The van der Waals surface area contributed by atoms with Gasteiger partial charge in [0.15, 0.2) is 6.29 Å². The summed E-state index contributed by atoms with van der Waals surface area (Å²) in [7, 11) is 0. The van der Waals surface area contributed by atoms with Gasteiger partial charge in [0, 0.05) is 18.6 Å². The molecule has 0 aliphatic carbocycles. The van der Waals surface area contributed by atoms with Crippen LogP contribution in [-0.4, -0.2) is 21.1 Å². The van der Waals surface area contributed by atoms with Gasteiger partial charge in [-0.15, -0.1) is 0 Å². The van der Waals surface area contributed by atoms with E-state index in [1.54, 1.807) is 23.3 Å². The van der Waals surface area contributed by atoms with Gasteiger partial charge in [0.1, 0.15) is 0 Å². The quantitative estimate of drug-likeness (QED) is 0.689. The number of benzene rings is 1. The molecular weight excluding hydrogens is 262 g/mol. The van der Waals surface area contributed by atoms with Gasteiger partial charge in [0.05, 0.1) is 16.9 Å². The van der Waals surface area contributed by atoms with Gasteiger partial charge < -0.3 is 0 Å². The average molecular weight is 277 g/mol. The summed E-state index contributed by atoms with van der Waals surface area (Å²) in [6.07, 6.45) is 7.06. The minimum absolute atomic E-state index is 0.621. The summed E-state index contributed by atoms with van der Waals surface area (Å²) in [6.45, 7) is 1.83. The van der Waals surface area contributed by atoms with Crippen LogP contribution in [0.25, 0.3) is 5.69 Å². The second-order valence-corrected chi connectivity index (χ2v) is 4.93. The first-order valence-corrected chi connectivity index (χ1v) is 6.76. The number of hydrogen-bond donors (Lipinski definition) is 0. The highest BCUT2D eigenvalue weighted by molar-refractivity contribution is 5.76. The third kappa shape index (κ3) is 2.89. The first-order valence-electron chi connectivity index (χ1n) is 6.76. The molecule has 4 nitrogen and oxygen atoms in total. The molecule has 0 saturated heterocycles. The maximum absolute atomic E-state index is 10.9. The fourth-order valence-electron chi connectivity index (χ4n) is 2.22. The van der Waals surface area contributed by atoms with E-state index < -0.39 is 0 Å². The van der Waals surface area contributed by atoms with E-state index >= 15 is 0 Å². The summed E-state index contributed by atoms with van der Waals surface area (Å²) >= 11 is 0. The Hall–Kier alpha value is -2.75. The summed E-state index contributed by atoms with van der Waals surface area (Å²) < 4.78 is 1.73. The summed E-state index contributed by atoms with van der Waals surface area (Å²) in [5.74, 6) is 0. The van der Waals surface area contributed by atoms with Crippen LogP contribution in [-0.2, 0) is 6.42 Å². The molecular formula is C17H15N3O. The normalized spacial score (nSPS) is 10.5. The molecule has 0 fully saturated rings. The van der Waals surface area contributed by atoms with E-state index in [1.165, 1.54) is 11.1 Å². The van der Waals surface area contributed by atoms with Gasteiger partial charge in [-0.25, -0.2) is 4.68 Å². The maximum atomic E-state index is 10.9. The molecule has 0 spiro atoms. The Bertz CT molecular complexity index is 745. The van der Waals surface area contributed by atoms with Crippen LogP contribution in [0.5, 0.6) is 0 Å². The van der Waals surface area contributed by atoms with Crippen molar-refractivity contribution in [2.75, 3.05) is 0 Å². The molecule has 0 bridgehead atoms. The molecule has 1 aromatic carbocycles. The standard InChI is InChI=1S/C17H15N3O/c1-13-16(12-21)11-20(19-13)17-4-2-14(3-5-17)10-15-6-8-18-9-7-15/h2-9,11-12H,10H2,1H3. The number of aldehydes is 1. The molecule has 0 N–H and O–H groups in total. The smallest absolute Gasteiger partial charge is 0.153 e. The molecule has 0 aliphatic rings. The third-order valence-electron chi connectivity index (χ3n) is 3.42. The molecule has 0 amide bonds. The third-order valence-corrected chi connectivity index (χ3v) is 3.42. The van der Waals surface area contributed by atoms with Crippen molar-refractivity contribution in [1.29, 1.82) is 0 Å². The summed E-state index contributed by atoms with van der Waals surface area (Å²) in [5.41, 5.74) is 4.77. The molecule has 3 rings (SSSR count). The number of aromatic nitrogens is 3. The number of hydrogen-bond acceptors (Lipinski definition) is 3. The second-order valence-electron chi connectivity index (χ2n) is 4.93. The summed E-state index contributed by atoms with van der Waals surface area (Å²) in [5, 5.41) is 4.34. The van der Waals surface area contributed by atoms with Gasteiger partial charge in [0.25, 0.3) is 0 Å². The number of carbonyl (C=O) groups excluding carboxylic acids is 1. The summed E-state index contributed by atoms with van der Waals surface area (Å²) in [4.78, 5) is 14.9. The molecule has 4 heteroatoms. The maximum Gasteiger partial charge on any atom is 0.153 e. The number of carbonyl (C=O) groups is 1. The van der Waals surface area contributed by atoms with E-state index in [-0.39, 0.29) is 0 Å². The number of nitrogens with zero attached hydrogens (tertiary/aromatic N) is 3. The molecule has 0 radical (unpaired) electrons. The fraction of sp³-hybridized carbons (Fsp3) is 0.118. The molecule has 0 aliphatic heterocycles.